The topological polar surface area (TPSA) is 35.5 Å². The molecule has 0 fully saturated rings. The molecule has 0 amide bonds. The summed E-state index contributed by atoms with van der Waals surface area (Å²) in [5.74, 6) is 0.807. The molecule has 0 radical (unpaired) electrons. The van der Waals surface area contributed by atoms with Crippen molar-refractivity contribution in [3.63, 3.8) is 0 Å². The van der Waals surface area contributed by atoms with Crippen molar-refractivity contribution in [2.75, 3.05) is 6.61 Å². The zero-order valence-electron chi connectivity index (χ0n) is 11.3. The largest absolute Gasteiger partial charge is 0.345 e. The number of carbonyl (C=O) groups is 1. The van der Waals surface area contributed by atoms with Gasteiger partial charge in [0.05, 0.1) is 12.5 Å². The predicted molar refractivity (Wildman–Crippen MR) is 64.7 cm³/mol. The molecule has 0 heterocycles. The zero-order valence-corrected chi connectivity index (χ0v) is 11.3. The summed E-state index contributed by atoms with van der Waals surface area (Å²) < 4.78 is 0. The molecule has 0 aliphatic rings. The van der Waals surface area contributed by atoms with Crippen LogP contribution < -0.4 is 0 Å². The van der Waals surface area contributed by atoms with Crippen LogP contribution in [0.1, 0.15) is 53.9 Å². The van der Waals surface area contributed by atoms with E-state index in [9.17, 15) is 4.79 Å². The minimum Gasteiger partial charge on any atom is -0.298 e. The first-order valence-corrected chi connectivity index (χ1v) is 6.30. The minimum absolute atomic E-state index is 0.0778. The van der Waals surface area contributed by atoms with Crippen molar-refractivity contribution in [1.29, 1.82) is 0 Å². The lowest BCUT2D eigenvalue weighted by atomic mass is 10.0. The van der Waals surface area contributed by atoms with Crippen molar-refractivity contribution < 1.29 is 14.6 Å². The summed E-state index contributed by atoms with van der Waals surface area (Å²) in [6, 6.07) is 0. The highest BCUT2D eigenvalue weighted by Crippen LogP contribution is 2.12. The van der Waals surface area contributed by atoms with Crippen molar-refractivity contribution in [1.82, 2.24) is 0 Å². The van der Waals surface area contributed by atoms with Crippen LogP contribution in [0, 0.1) is 17.8 Å². The van der Waals surface area contributed by atoms with E-state index in [4.69, 9.17) is 9.78 Å². The third kappa shape index (κ3) is 7.69. The second kappa shape index (κ2) is 8.57. The summed E-state index contributed by atoms with van der Waals surface area (Å²) in [5, 5.41) is 0. The van der Waals surface area contributed by atoms with Crippen molar-refractivity contribution in [3.05, 3.63) is 0 Å². The van der Waals surface area contributed by atoms with E-state index in [-0.39, 0.29) is 11.9 Å². The van der Waals surface area contributed by atoms with Gasteiger partial charge in [-0.1, -0.05) is 41.0 Å². The molecule has 2 unspecified atom stereocenters. The lowest BCUT2D eigenvalue weighted by Gasteiger charge is -2.13. The molecule has 0 saturated heterocycles. The van der Waals surface area contributed by atoms with E-state index in [1.54, 1.807) is 0 Å². The standard InChI is InChI=1S/C13H26O3/c1-6-12(5)13(14)16-15-9-11(4)8-7-10(2)3/h10-12H,6-9H2,1-5H3. The highest BCUT2D eigenvalue weighted by molar-refractivity contribution is 5.71. The molecule has 96 valence electrons. The lowest BCUT2D eigenvalue weighted by molar-refractivity contribution is -0.281. The zero-order chi connectivity index (χ0) is 12.6. The number of hydrogen-bond donors (Lipinski definition) is 0. The van der Waals surface area contributed by atoms with Crippen LogP contribution in [0.2, 0.25) is 0 Å². The Morgan fingerprint density at radius 1 is 1.12 bits per heavy atom. The Labute approximate surface area is 99.4 Å². The summed E-state index contributed by atoms with van der Waals surface area (Å²) >= 11 is 0. The molecular formula is C13H26O3. The van der Waals surface area contributed by atoms with Crippen LogP contribution in [0.15, 0.2) is 0 Å². The van der Waals surface area contributed by atoms with E-state index < -0.39 is 0 Å². The third-order valence-corrected chi connectivity index (χ3v) is 2.75. The first kappa shape index (κ1) is 15.4. The van der Waals surface area contributed by atoms with Crippen LogP contribution in [0.4, 0.5) is 0 Å². The van der Waals surface area contributed by atoms with Crippen LogP contribution in [0.3, 0.4) is 0 Å². The fraction of sp³-hybridized carbons (Fsp3) is 0.923. The fourth-order valence-electron chi connectivity index (χ4n) is 1.16. The van der Waals surface area contributed by atoms with Crippen LogP contribution >= 0.6 is 0 Å². The maximum absolute atomic E-state index is 11.3. The van der Waals surface area contributed by atoms with Gasteiger partial charge in [0.15, 0.2) is 0 Å². The molecule has 0 N–H and O–H groups in total. The van der Waals surface area contributed by atoms with Crippen molar-refractivity contribution in [2.45, 2.75) is 53.9 Å². The Kier molecular flexibility index (Phi) is 8.26. The Hall–Kier alpha value is -0.570. The molecule has 0 bridgehead atoms. The lowest BCUT2D eigenvalue weighted by Crippen LogP contribution is -2.16. The van der Waals surface area contributed by atoms with Gasteiger partial charge in [-0.15, -0.1) is 0 Å². The molecule has 2 atom stereocenters. The second-order valence-electron chi connectivity index (χ2n) is 5.07. The molecule has 16 heavy (non-hydrogen) atoms. The smallest absolute Gasteiger partial charge is 0.298 e. The average Bonchev–Trinajstić information content (AvgIpc) is 2.24. The quantitative estimate of drug-likeness (QED) is 0.472. The molecule has 0 aromatic rings. The number of rotatable bonds is 8. The normalized spacial score (nSPS) is 14.9. The van der Waals surface area contributed by atoms with Crippen molar-refractivity contribution >= 4 is 5.97 Å². The SMILES string of the molecule is CCC(C)C(=O)OOCC(C)CCC(C)C. The van der Waals surface area contributed by atoms with Gasteiger partial charge in [-0.25, -0.2) is 4.79 Å². The third-order valence-electron chi connectivity index (χ3n) is 2.75. The molecule has 0 aliphatic heterocycles. The van der Waals surface area contributed by atoms with E-state index in [1.807, 2.05) is 13.8 Å². The molecule has 0 aromatic heterocycles. The van der Waals surface area contributed by atoms with Crippen molar-refractivity contribution in [3.8, 4) is 0 Å². The Balaban J connectivity index is 3.54. The Bertz CT molecular complexity index is 190. The van der Waals surface area contributed by atoms with Gasteiger partial charge in [0.2, 0.25) is 0 Å². The molecule has 0 saturated carbocycles. The van der Waals surface area contributed by atoms with Gasteiger partial charge in [-0.05, 0) is 24.7 Å². The maximum Gasteiger partial charge on any atom is 0.345 e. The summed E-state index contributed by atoms with van der Waals surface area (Å²) in [5.41, 5.74) is 0. The van der Waals surface area contributed by atoms with Gasteiger partial charge in [0.1, 0.15) is 0 Å². The van der Waals surface area contributed by atoms with Gasteiger partial charge in [0.25, 0.3) is 0 Å². The van der Waals surface area contributed by atoms with Gasteiger partial charge >= 0.3 is 5.97 Å². The number of carbonyl (C=O) groups excluding carboxylic acids is 1. The van der Waals surface area contributed by atoms with Gasteiger partial charge < -0.3 is 0 Å². The van der Waals surface area contributed by atoms with Gasteiger partial charge in [0, 0.05) is 0 Å². The highest BCUT2D eigenvalue weighted by atomic mass is 17.2. The summed E-state index contributed by atoms with van der Waals surface area (Å²) in [6.45, 7) is 10.8. The highest BCUT2D eigenvalue weighted by Gasteiger charge is 2.13. The van der Waals surface area contributed by atoms with Gasteiger partial charge in [-0.2, -0.15) is 4.89 Å². The van der Waals surface area contributed by atoms with E-state index in [0.717, 1.165) is 12.8 Å². The first-order chi connectivity index (χ1) is 7.47. The van der Waals surface area contributed by atoms with Gasteiger partial charge in [-0.3, -0.25) is 4.89 Å². The molecule has 3 heteroatoms. The molecule has 0 rings (SSSR count). The first-order valence-electron chi connectivity index (χ1n) is 6.30. The second-order valence-corrected chi connectivity index (χ2v) is 5.07. The molecule has 0 spiro atoms. The molecule has 0 aliphatic carbocycles. The average molecular weight is 230 g/mol. The number of hydrogen-bond acceptors (Lipinski definition) is 3. The fourth-order valence-corrected chi connectivity index (χ4v) is 1.16. The predicted octanol–water partition coefficient (Wildman–Crippen LogP) is 3.58. The Morgan fingerprint density at radius 2 is 1.75 bits per heavy atom. The summed E-state index contributed by atoms with van der Waals surface area (Å²) in [7, 11) is 0. The molecular weight excluding hydrogens is 204 g/mol. The van der Waals surface area contributed by atoms with E-state index in [2.05, 4.69) is 20.8 Å². The van der Waals surface area contributed by atoms with Crippen LogP contribution in [0.25, 0.3) is 0 Å². The van der Waals surface area contributed by atoms with Crippen LogP contribution in [-0.2, 0) is 14.6 Å². The maximum atomic E-state index is 11.3. The monoisotopic (exact) mass is 230 g/mol. The van der Waals surface area contributed by atoms with Crippen molar-refractivity contribution in [2.24, 2.45) is 17.8 Å². The van der Waals surface area contributed by atoms with Crippen LogP contribution in [-0.4, -0.2) is 12.6 Å². The molecule has 0 aromatic carbocycles. The summed E-state index contributed by atoms with van der Waals surface area (Å²) in [6.07, 6.45) is 3.08. The van der Waals surface area contributed by atoms with E-state index in [1.165, 1.54) is 6.42 Å². The minimum atomic E-state index is -0.265. The van der Waals surface area contributed by atoms with E-state index >= 15 is 0 Å². The summed E-state index contributed by atoms with van der Waals surface area (Å²) in [4.78, 5) is 21.0. The molecule has 3 nitrogen and oxygen atoms in total. The van der Waals surface area contributed by atoms with E-state index in [0.29, 0.717) is 18.4 Å². The Morgan fingerprint density at radius 3 is 2.25 bits per heavy atom. The van der Waals surface area contributed by atoms with Crippen LogP contribution in [0.5, 0.6) is 0 Å².